The van der Waals surface area contributed by atoms with Crippen LogP contribution in [0.4, 0.5) is 0 Å². The third-order valence-electron chi connectivity index (χ3n) is 1.53. The molecular formula is C8H14N2S. The lowest BCUT2D eigenvalue weighted by Gasteiger charge is -2.27. The van der Waals surface area contributed by atoms with Crippen molar-refractivity contribution in [3.05, 3.63) is 11.9 Å². The molecule has 0 spiro atoms. The predicted octanol–water partition coefficient (Wildman–Crippen LogP) is 1.99. The Morgan fingerprint density at radius 3 is 2.91 bits per heavy atom. The molecule has 1 heterocycles. The van der Waals surface area contributed by atoms with Crippen molar-refractivity contribution in [1.82, 2.24) is 5.32 Å². The van der Waals surface area contributed by atoms with Gasteiger partial charge in [0.15, 0.2) is 0 Å². The highest BCUT2D eigenvalue weighted by molar-refractivity contribution is 8.01. The van der Waals surface area contributed by atoms with Gasteiger partial charge in [0, 0.05) is 12.4 Å². The molecule has 0 aliphatic carbocycles. The first kappa shape index (κ1) is 8.65. The van der Waals surface area contributed by atoms with Crippen molar-refractivity contribution in [1.29, 1.82) is 0 Å². The van der Waals surface area contributed by atoms with Crippen molar-refractivity contribution >= 4 is 18.0 Å². The lowest BCUT2D eigenvalue weighted by atomic mass is 10.3. The van der Waals surface area contributed by atoms with Gasteiger partial charge < -0.3 is 5.32 Å². The summed E-state index contributed by atoms with van der Waals surface area (Å²) in [5.74, 6) is 1.10. The number of nitrogens with zero attached hydrogens (tertiary/aromatic N) is 1. The van der Waals surface area contributed by atoms with Gasteiger partial charge in [-0.2, -0.15) is 0 Å². The first-order valence-electron chi connectivity index (χ1n) is 3.80. The van der Waals surface area contributed by atoms with Crippen LogP contribution < -0.4 is 5.32 Å². The zero-order valence-corrected chi connectivity index (χ0v) is 8.03. The van der Waals surface area contributed by atoms with Crippen LogP contribution in [0.5, 0.6) is 0 Å². The van der Waals surface area contributed by atoms with Crippen LogP contribution >= 0.6 is 11.8 Å². The van der Waals surface area contributed by atoms with E-state index in [2.05, 4.69) is 24.2 Å². The van der Waals surface area contributed by atoms with Crippen LogP contribution in [0.3, 0.4) is 0 Å². The van der Waals surface area contributed by atoms with Gasteiger partial charge in [-0.25, -0.2) is 0 Å². The third kappa shape index (κ3) is 2.26. The van der Waals surface area contributed by atoms with Gasteiger partial charge in [0.1, 0.15) is 4.87 Å². The average molecular weight is 170 g/mol. The van der Waals surface area contributed by atoms with E-state index in [0.717, 1.165) is 11.4 Å². The smallest absolute Gasteiger partial charge is 0.116 e. The summed E-state index contributed by atoms with van der Waals surface area (Å²) in [4.78, 5) is 4.26. The second kappa shape index (κ2) is 3.30. The number of hydrogen-bond acceptors (Lipinski definition) is 3. The van der Waals surface area contributed by atoms with E-state index < -0.39 is 0 Å². The van der Waals surface area contributed by atoms with Crippen molar-refractivity contribution in [3.63, 3.8) is 0 Å². The standard InChI is InChI=1S/C8H14N2S/c1-4-11-8(3)6-9-7(2)5-10-8/h5-6,10H,4H2,1-3H3. The summed E-state index contributed by atoms with van der Waals surface area (Å²) in [5.41, 5.74) is 1.04. The number of nitrogens with one attached hydrogen (secondary N) is 1. The molecule has 11 heavy (non-hydrogen) atoms. The van der Waals surface area contributed by atoms with E-state index in [1.807, 2.05) is 31.1 Å². The zero-order chi connectivity index (χ0) is 8.32. The van der Waals surface area contributed by atoms with Gasteiger partial charge in [-0.15, -0.1) is 11.8 Å². The Morgan fingerprint density at radius 2 is 2.45 bits per heavy atom. The molecule has 0 saturated heterocycles. The minimum atomic E-state index is 0.00819. The Balaban J connectivity index is 2.58. The number of aliphatic imine (C=N–C) groups is 1. The van der Waals surface area contributed by atoms with E-state index in [1.54, 1.807) is 0 Å². The number of allylic oxidation sites excluding steroid dienone is 1. The zero-order valence-electron chi connectivity index (χ0n) is 7.22. The summed E-state index contributed by atoms with van der Waals surface area (Å²) in [6.45, 7) is 6.27. The second-order valence-corrected chi connectivity index (χ2v) is 4.44. The quantitative estimate of drug-likeness (QED) is 0.685. The molecule has 0 aromatic rings. The summed E-state index contributed by atoms with van der Waals surface area (Å²) >= 11 is 1.85. The van der Waals surface area contributed by atoms with Crippen LogP contribution in [-0.2, 0) is 0 Å². The summed E-state index contributed by atoms with van der Waals surface area (Å²) in [6.07, 6.45) is 3.93. The lowest BCUT2D eigenvalue weighted by molar-refractivity contribution is 0.737. The Bertz CT molecular complexity index is 198. The highest BCUT2D eigenvalue weighted by Gasteiger charge is 2.21. The van der Waals surface area contributed by atoms with Crippen LogP contribution in [0.15, 0.2) is 16.9 Å². The van der Waals surface area contributed by atoms with Crippen molar-refractivity contribution in [2.45, 2.75) is 25.6 Å². The molecule has 0 aromatic heterocycles. The Kier molecular flexibility index (Phi) is 2.60. The topological polar surface area (TPSA) is 24.4 Å². The van der Waals surface area contributed by atoms with Gasteiger partial charge in [-0.1, -0.05) is 6.92 Å². The molecule has 62 valence electrons. The van der Waals surface area contributed by atoms with Crippen LogP contribution in [0.2, 0.25) is 0 Å². The van der Waals surface area contributed by atoms with Crippen molar-refractivity contribution in [2.24, 2.45) is 4.99 Å². The third-order valence-corrected chi connectivity index (χ3v) is 2.64. The summed E-state index contributed by atoms with van der Waals surface area (Å²) in [7, 11) is 0. The van der Waals surface area contributed by atoms with E-state index >= 15 is 0 Å². The van der Waals surface area contributed by atoms with Gasteiger partial charge in [0.05, 0.1) is 5.70 Å². The van der Waals surface area contributed by atoms with Gasteiger partial charge in [-0.05, 0) is 19.6 Å². The normalized spacial score (nSPS) is 29.5. The van der Waals surface area contributed by atoms with Crippen LogP contribution in [-0.4, -0.2) is 16.8 Å². The van der Waals surface area contributed by atoms with E-state index in [0.29, 0.717) is 0 Å². The molecule has 0 aromatic carbocycles. The van der Waals surface area contributed by atoms with Crippen LogP contribution in [0.1, 0.15) is 20.8 Å². The Labute approximate surface area is 72.2 Å². The van der Waals surface area contributed by atoms with Gasteiger partial charge in [-0.3, -0.25) is 4.99 Å². The minimum Gasteiger partial charge on any atom is -0.371 e. The summed E-state index contributed by atoms with van der Waals surface area (Å²) < 4.78 is 0. The second-order valence-electron chi connectivity index (χ2n) is 2.73. The Hall–Kier alpha value is -0.440. The van der Waals surface area contributed by atoms with E-state index in [-0.39, 0.29) is 4.87 Å². The molecule has 0 amide bonds. The average Bonchev–Trinajstić information content (AvgIpc) is 1.97. The van der Waals surface area contributed by atoms with E-state index in [1.165, 1.54) is 0 Å². The van der Waals surface area contributed by atoms with Crippen molar-refractivity contribution in [2.75, 3.05) is 5.75 Å². The first-order chi connectivity index (χ1) is 5.16. The molecule has 1 atom stereocenters. The van der Waals surface area contributed by atoms with Crippen LogP contribution in [0, 0.1) is 0 Å². The van der Waals surface area contributed by atoms with Crippen LogP contribution in [0.25, 0.3) is 0 Å². The van der Waals surface area contributed by atoms with Crippen molar-refractivity contribution < 1.29 is 0 Å². The molecular weight excluding hydrogens is 156 g/mol. The molecule has 1 aliphatic heterocycles. The first-order valence-corrected chi connectivity index (χ1v) is 4.78. The van der Waals surface area contributed by atoms with Gasteiger partial charge in [0.2, 0.25) is 0 Å². The van der Waals surface area contributed by atoms with E-state index in [4.69, 9.17) is 0 Å². The highest BCUT2D eigenvalue weighted by atomic mass is 32.2. The number of rotatable bonds is 2. The molecule has 0 radical (unpaired) electrons. The fourth-order valence-corrected chi connectivity index (χ4v) is 1.80. The predicted molar refractivity (Wildman–Crippen MR) is 51.9 cm³/mol. The maximum atomic E-state index is 4.25. The maximum Gasteiger partial charge on any atom is 0.116 e. The lowest BCUT2D eigenvalue weighted by Crippen LogP contribution is -2.39. The molecule has 0 saturated carbocycles. The van der Waals surface area contributed by atoms with Crippen molar-refractivity contribution in [3.8, 4) is 0 Å². The maximum absolute atomic E-state index is 4.25. The fourth-order valence-electron chi connectivity index (χ4n) is 0.926. The largest absolute Gasteiger partial charge is 0.371 e. The van der Waals surface area contributed by atoms with Gasteiger partial charge in [0.25, 0.3) is 0 Å². The van der Waals surface area contributed by atoms with Gasteiger partial charge >= 0.3 is 0 Å². The molecule has 1 N–H and O–H groups in total. The van der Waals surface area contributed by atoms with E-state index in [9.17, 15) is 0 Å². The highest BCUT2D eigenvalue weighted by Crippen LogP contribution is 2.22. The molecule has 0 bridgehead atoms. The number of thioether (sulfide) groups is 1. The molecule has 1 unspecified atom stereocenters. The molecule has 0 fully saturated rings. The molecule has 2 nitrogen and oxygen atoms in total. The molecule has 1 rings (SSSR count). The molecule has 1 aliphatic rings. The monoisotopic (exact) mass is 170 g/mol. The number of hydrogen-bond donors (Lipinski definition) is 1. The SMILES string of the molecule is CCSC1(C)C=NC(C)=CN1. The summed E-state index contributed by atoms with van der Waals surface area (Å²) in [5, 5.41) is 3.30. The fraction of sp³-hybridized carbons (Fsp3) is 0.625. The summed E-state index contributed by atoms with van der Waals surface area (Å²) in [6, 6.07) is 0. The Morgan fingerprint density at radius 1 is 1.73 bits per heavy atom. The minimum absolute atomic E-state index is 0.00819. The molecule has 3 heteroatoms.